The predicted molar refractivity (Wildman–Crippen MR) is 49.2 cm³/mol. The van der Waals surface area contributed by atoms with Crippen LogP contribution >= 0.6 is 11.3 Å². The smallest absolute Gasteiger partial charge is 0.0958 e. The van der Waals surface area contributed by atoms with Crippen molar-refractivity contribution in [2.75, 3.05) is 13.2 Å². The molecule has 13 heavy (non-hydrogen) atoms. The molecule has 1 aliphatic heterocycles. The fraction of sp³-hybridized carbons (Fsp3) is 0.625. The van der Waals surface area contributed by atoms with Crippen LogP contribution in [0, 0.1) is 6.92 Å². The summed E-state index contributed by atoms with van der Waals surface area (Å²) >= 11 is 1.63. The SMILES string of the molecule is Cc1nc(CN2CC(O)CO2)cs1. The summed E-state index contributed by atoms with van der Waals surface area (Å²) in [5.41, 5.74) is 1.01. The van der Waals surface area contributed by atoms with E-state index < -0.39 is 0 Å². The summed E-state index contributed by atoms with van der Waals surface area (Å²) in [6.45, 7) is 3.63. The molecule has 1 aromatic heterocycles. The van der Waals surface area contributed by atoms with E-state index >= 15 is 0 Å². The maximum atomic E-state index is 9.20. The Labute approximate surface area is 80.7 Å². The number of rotatable bonds is 2. The molecule has 1 saturated heterocycles. The average Bonchev–Trinajstić information content (AvgIpc) is 2.62. The Morgan fingerprint density at radius 2 is 2.69 bits per heavy atom. The van der Waals surface area contributed by atoms with Crippen LogP contribution in [-0.2, 0) is 11.4 Å². The van der Waals surface area contributed by atoms with Gasteiger partial charge >= 0.3 is 0 Å². The maximum absolute atomic E-state index is 9.20. The number of thiazole rings is 1. The highest BCUT2D eigenvalue weighted by molar-refractivity contribution is 7.09. The number of hydrogen-bond acceptors (Lipinski definition) is 5. The topological polar surface area (TPSA) is 45.6 Å². The normalized spacial score (nSPS) is 24.0. The number of aliphatic hydroxyl groups is 1. The van der Waals surface area contributed by atoms with Crippen molar-refractivity contribution in [3.8, 4) is 0 Å². The van der Waals surface area contributed by atoms with Crippen LogP contribution in [0.25, 0.3) is 0 Å². The first-order chi connectivity index (χ1) is 6.24. The number of aromatic nitrogens is 1. The van der Waals surface area contributed by atoms with E-state index in [1.165, 1.54) is 0 Å². The lowest BCUT2D eigenvalue weighted by molar-refractivity contribution is -0.118. The Bertz CT molecular complexity index is 289. The van der Waals surface area contributed by atoms with Crippen molar-refractivity contribution in [1.29, 1.82) is 0 Å². The lowest BCUT2D eigenvalue weighted by atomic mass is 10.4. The molecule has 1 N–H and O–H groups in total. The molecule has 0 bridgehead atoms. The van der Waals surface area contributed by atoms with Crippen molar-refractivity contribution in [1.82, 2.24) is 10.0 Å². The van der Waals surface area contributed by atoms with Crippen LogP contribution in [0.5, 0.6) is 0 Å². The molecule has 0 spiro atoms. The van der Waals surface area contributed by atoms with E-state index in [4.69, 9.17) is 4.84 Å². The van der Waals surface area contributed by atoms with Crippen LogP contribution < -0.4 is 0 Å². The fourth-order valence-electron chi connectivity index (χ4n) is 1.30. The van der Waals surface area contributed by atoms with Gasteiger partial charge in [0.1, 0.15) is 0 Å². The standard InChI is InChI=1S/C8H12N2O2S/c1-6-9-7(5-13-6)2-10-3-8(11)4-12-10/h5,8,11H,2-4H2,1H3. The van der Waals surface area contributed by atoms with Crippen molar-refractivity contribution >= 4 is 11.3 Å². The van der Waals surface area contributed by atoms with Gasteiger partial charge in [0.15, 0.2) is 0 Å². The van der Waals surface area contributed by atoms with E-state index in [2.05, 4.69) is 4.98 Å². The zero-order chi connectivity index (χ0) is 9.26. The number of hydroxylamine groups is 2. The molecule has 2 heterocycles. The molecule has 1 unspecified atom stereocenters. The molecule has 1 fully saturated rings. The van der Waals surface area contributed by atoms with Crippen LogP contribution in [0.2, 0.25) is 0 Å². The van der Waals surface area contributed by atoms with Crippen LogP contribution in [-0.4, -0.2) is 34.4 Å². The van der Waals surface area contributed by atoms with E-state index in [9.17, 15) is 5.11 Å². The Kier molecular flexibility index (Phi) is 2.59. The minimum atomic E-state index is -0.347. The first kappa shape index (κ1) is 9.08. The first-order valence-electron chi connectivity index (χ1n) is 4.21. The molecular formula is C8H12N2O2S. The van der Waals surface area contributed by atoms with Crippen LogP contribution in [0.1, 0.15) is 10.7 Å². The van der Waals surface area contributed by atoms with Crippen molar-refractivity contribution < 1.29 is 9.94 Å². The summed E-state index contributed by atoms with van der Waals surface area (Å²) in [5.74, 6) is 0. The van der Waals surface area contributed by atoms with Gasteiger partial charge in [0.05, 0.1) is 36.5 Å². The summed E-state index contributed by atoms with van der Waals surface area (Å²) in [7, 11) is 0. The quantitative estimate of drug-likeness (QED) is 0.757. The van der Waals surface area contributed by atoms with E-state index in [-0.39, 0.29) is 6.10 Å². The number of aryl methyl sites for hydroxylation is 1. The molecular weight excluding hydrogens is 188 g/mol. The minimum Gasteiger partial charge on any atom is -0.389 e. The van der Waals surface area contributed by atoms with Gasteiger partial charge in [-0.05, 0) is 6.92 Å². The van der Waals surface area contributed by atoms with E-state index in [1.54, 1.807) is 16.4 Å². The maximum Gasteiger partial charge on any atom is 0.0958 e. The molecule has 1 aliphatic rings. The van der Waals surface area contributed by atoms with Gasteiger partial charge in [-0.1, -0.05) is 0 Å². The van der Waals surface area contributed by atoms with Gasteiger partial charge in [-0.25, -0.2) is 4.98 Å². The monoisotopic (exact) mass is 200 g/mol. The lowest BCUT2D eigenvalue weighted by Gasteiger charge is -2.10. The number of hydrogen-bond donors (Lipinski definition) is 1. The fourth-order valence-corrected chi connectivity index (χ4v) is 1.91. The molecule has 0 aromatic carbocycles. The molecule has 0 radical (unpaired) electrons. The predicted octanol–water partition coefficient (Wildman–Crippen LogP) is 0.560. The van der Waals surface area contributed by atoms with Crippen molar-refractivity contribution in [2.45, 2.75) is 19.6 Å². The third-order valence-electron chi connectivity index (χ3n) is 1.87. The van der Waals surface area contributed by atoms with Gasteiger partial charge in [-0.2, -0.15) is 5.06 Å². The van der Waals surface area contributed by atoms with Crippen LogP contribution in [0.4, 0.5) is 0 Å². The van der Waals surface area contributed by atoms with Gasteiger partial charge in [-0.3, -0.25) is 4.84 Å². The highest BCUT2D eigenvalue weighted by Gasteiger charge is 2.21. The van der Waals surface area contributed by atoms with E-state index in [1.807, 2.05) is 12.3 Å². The van der Waals surface area contributed by atoms with Gasteiger partial charge in [0.2, 0.25) is 0 Å². The molecule has 1 aromatic rings. The minimum absolute atomic E-state index is 0.347. The second-order valence-electron chi connectivity index (χ2n) is 3.13. The molecule has 0 amide bonds. The number of aliphatic hydroxyl groups excluding tert-OH is 1. The Hall–Kier alpha value is -0.490. The Morgan fingerprint density at radius 1 is 1.85 bits per heavy atom. The third-order valence-corrected chi connectivity index (χ3v) is 2.69. The van der Waals surface area contributed by atoms with Crippen LogP contribution in [0.15, 0.2) is 5.38 Å². The van der Waals surface area contributed by atoms with E-state index in [0.29, 0.717) is 19.7 Å². The second-order valence-corrected chi connectivity index (χ2v) is 4.19. The highest BCUT2D eigenvalue weighted by atomic mass is 32.1. The molecule has 0 aliphatic carbocycles. The van der Waals surface area contributed by atoms with Crippen molar-refractivity contribution in [2.24, 2.45) is 0 Å². The molecule has 2 rings (SSSR count). The van der Waals surface area contributed by atoms with Gasteiger partial charge in [0, 0.05) is 5.38 Å². The summed E-state index contributed by atoms with van der Waals surface area (Å²) in [6, 6.07) is 0. The van der Waals surface area contributed by atoms with Crippen molar-refractivity contribution in [3.05, 3.63) is 16.1 Å². The van der Waals surface area contributed by atoms with E-state index in [0.717, 1.165) is 10.7 Å². The number of nitrogens with zero attached hydrogens (tertiary/aromatic N) is 2. The summed E-state index contributed by atoms with van der Waals surface area (Å²) in [5, 5.41) is 14.0. The summed E-state index contributed by atoms with van der Waals surface area (Å²) in [6.07, 6.45) is -0.347. The van der Waals surface area contributed by atoms with Gasteiger partial charge in [-0.15, -0.1) is 11.3 Å². The molecule has 72 valence electrons. The van der Waals surface area contributed by atoms with Gasteiger partial charge < -0.3 is 5.11 Å². The number of β-amino-alcohol motifs (C(OH)–C–C–N with tert-alkyl or cyclic N) is 1. The Balaban J connectivity index is 1.91. The zero-order valence-corrected chi connectivity index (χ0v) is 8.25. The van der Waals surface area contributed by atoms with Gasteiger partial charge in [0.25, 0.3) is 0 Å². The average molecular weight is 200 g/mol. The third kappa shape index (κ3) is 2.25. The largest absolute Gasteiger partial charge is 0.389 e. The summed E-state index contributed by atoms with van der Waals surface area (Å²) < 4.78 is 0. The Morgan fingerprint density at radius 3 is 3.23 bits per heavy atom. The summed E-state index contributed by atoms with van der Waals surface area (Å²) in [4.78, 5) is 9.54. The van der Waals surface area contributed by atoms with Crippen LogP contribution in [0.3, 0.4) is 0 Å². The molecule has 0 saturated carbocycles. The second kappa shape index (κ2) is 3.71. The molecule has 4 nitrogen and oxygen atoms in total. The molecule has 1 atom stereocenters. The van der Waals surface area contributed by atoms with Crippen molar-refractivity contribution in [3.63, 3.8) is 0 Å². The first-order valence-corrected chi connectivity index (χ1v) is 5.09. The highest BCUT2D eigenvalue weighted by Crippen LogP contribution is 2.13. The zero-order valence-electron chi connectivity index (χ0n) is 7.43. The molecule has 5 heteroatoms. The lowest BCUT2D eigenvalue weighted by Crippen LogP contribution is -2.20.